The van der Waals surface area contributed by atoms with Crippen LogP contribution in [0.15, 0.2) is 24.3 Å². The van der Waals surface area contributed by atoms with Crippen LogP contribution in [0.25, 0.3) is 0 Å². The fraction of sp³-hybridized carbons (Fsp3) is 0.333. The summed E-state index contributed by atoms with van der Waals surface area (Å²) in [6.45, 7) is 2.40. The molecule has 0 aliphatic rings. The number of nitrogens with two attached hydrogens (primary N) is 1. The highest BCUT2D eigenvalue weighted by Gasteiger charge is 2.04. The highest BCUT2D eigenvalue weighted by molar-refractivity contribution is 5.94. The van der Waals surface area contributed by atoms with Gasteiger partial charge in [0.2, 0.25) is 5.91 Å². The van der Waals surface area contributed by atoms with Gasteiger partial charge in [0.05, 0.1) is 0 Å². The number of nitrogens with one attached hydrogen (secondary N) is 1. The third kappa shape index (κ3) is 4.13. The Kier molecular flexibility index (Phi) is 4.51. The second-order valence-electron chi connectivity index (χ2n) is 3.70. The Morgan fingerprint density at radius 1 is 1.38 bits per heavy atom. The van der Waals surface area contributed by atoms with Crippen molar-refractivity contribution < 1.29 is 9.59 Å². The molecule has 0 saturated carbocycles. The zero-order chi connectivity index (χ0) is 12.0. The van der Waals surface area contributed by atoms with Gasteiger partial charge in [-0.15, -0.1) is 0 Å². The minimum Gasteiger partial charge on any atom is -0.370 e. The molecule has 1 rings (SSSR count). The Bertz CT molecular complexity index is 388. The van der Waals surface area contributed by atoms with Gasteiger partial charge in [-0.3, -0.25) is 9.59 Å². The smallest absolute Gasteiger partial charge is 0.251 e. The van der Waals surface area contributed by atoms with Gasteiger partial charge in [0.1, 0.15) is 0 Å². The van der Waals surface area contributed by atoms with E-state index in [2.05, 4.69) is 5.32 Å². The molecule has 1 aromatic rings. The third-order valence-electron chi connectivity index (χ3n) is 2.17. The monoisotopic (exact) mass is 220 g/mol. The molecule has 0 spiro atoms. The summed E-state index contributed by atoms with van der Waals surface area (Å²) in [5, 5.41) is 2.73. The lowest BCUT2D eigenvalue weighted by atomic mass is 10.1. The van der Waals surface area contributed by atoms with Gasteiger partial charge < -0.3 is 11.1 Å². The summed E-state index contributed by atoms with van der Waals surface area (Å²) in [6, 6.07) is 7.36. The summed E-state index contributed by atoms with van der Waals surface area (Å²) >= 11 is 0. The van der Waals surface area contributed by atoms with E-state index in [9.17, 15) is 9.59 Å². The lowest BCUT2D eigenvalue weighted by molar-refractivity contribution is -0.118. The second-order valence-corrected chi connectivity index (χ2v) is 3.70. The molecule has 0 aliphatic heterocycles. The molecule has 0 saturated heterocycles. The van der Waals surface area contributed by atoms with Crippen LogP contribution in [0.2, 0.25) is 0 Å². The van der Waals surface area contributed by atoms with E-state index in [4.69, 9.17) is 5.73 Å². The SMILES string of the molecule is Cc1cccc(C(=O)NCCCC(N)=O)c1. The maximum atomic E-state index is 11.6. The van der Waals surface area contributed by atoms with Crippen LogP contribution in [0, 0.1) is 6.92 Å². The van der Waals surface area contributed by atoms with E-state index in [1.807, 2.05) is 25.1 Å². The summed E-state index contributed by atoms with van der Waals surface area (Å²) in [7, 11) is 0. The first-order chi connectivity index (χ1) is 7.59. The standard InChI is InChI=1S/C12H16N2O2/c1-9-4-2-5-10(8-9)12(16)14-7-3-6-11(13)15/h2,4-5,8H,3,6-7H2,1H3,(H2,13,15)(H,14,16). The van der Waals surface area contributed by atoms with Crippen molar-refractivity contribution in [2.75, 3.05) is 6.54 Å². The Labute approximate surface area is 94.8 Å². The molecular formula is C12H16N2O2. The number of rotatable bonds is 5. The first-order valence-electron chi connectivity index (χ1n) is 5.23. The number of benzene rings is 1. The summed E-state index contributed by atoms with van der Waals surface area (Å²) in [6.07, 6.45) is 0.876. The molecule has 0 aromatic heterocycles. The maximum absolute atomic E-state index is 11.6. The number of aryl methyl sites for hydroxylation is 1. The highest BCUT2D eigenvalue weighted by atomic mass is 16.2. The zero-order valence-electron chi connectivity index (χ0n) is 9.32. The number of carbonyl (C=O) groups is 2. The molecule has 86 valence electrons. The highest BCUT2D eigenvalue weighted by Crippen LogP contribution is 2.03. The van der Waals surface area contributed by atoms with Gasteiger partial charge in [-0.2, -0.15) is 0 Å². The van der Waals surface area contributed by atoms with E-state index in [1.54, 1.807) is 6.07 Å². The predicted molar refractivity (Wildman–Crippen MR) is 61.9 cm³/mol. The average Bonchev–Trinajstić information content (AvgIpc) is 2.24. The third-order valence-corrected chi connectivity index (χ3v) is 2.17. The second kappa shape index (κ2) is 5.90. The van der Waals surface area contributed by atoms with E-state index in [0.29, 0.717) is 24.9 Å². The molecule has 4 heteroatoms. The number of amides is 2. The summed E-state index contributed by atoms with van der Waals surface area (Å²) in [4.78, 5) is 22.1. The van der Waals surface area contributed by atoms with Crippen molar-refractivity contribution in [1.29, 1.82) is 0 Å². The fourth-order valence-electron chi connectivity index (χ4n) is 1.35. The molecule has 0 radical (unpaired) electrons. The Morgan fingerprint density at radius 3 is 2.75 bits per heavy atom. The first kappa shape index (κ1) is 12.2. The van der Waals surface area contributed by atoms with Gasteiger partial charge in [0.15, 0.2) is 0 Å². The maximum Gasteiger partial charge on any atom is 0.251 e. The molecule has 4 nitrogen and oxygen atoms in total. The molecule has 0 fully saturated rings. The summed E-state index contributed by atoms with van der Waals surface area (Å²) in [5.41, 5.74) is 6.67. The topological polar surface area (TPSA) is 72.2 Å². The number of hydrogen-bond acceptors (Lipinski definition) is 2. The van der Waals surface area contributed by atoms with Crippen LogP contribution in [0.1, 0.15) is 28.8 Å². The van der Waals surface area contributed by atoms with Crippen molar-refractivity contribution in [2.45, 2.75) is 19.8 Å². The lowest BCUT2D eigenvalue weighted by Gasteiger charge is -2.04. The van der Waals surface area contributed by atoms with E-state index in [1.165, 1.54) is 0 Å². The molecule has 2 amide bonds. The zero-order valence-corrected chi connectivity index (χ0v) is 9.32. The van der Waals surface area contributed by atoms with Gasteiger partial charge in [0.25, 0.3) is 5.91 Å². The molecular weight excluding hydrogens is 204 g/mol. The van der Waals surface area contributed by atoms with Crippen LogP contribution in [0.5, 0.6) is 0 Å². The van der Waals surface area contributed by atoms with Gasteiger partial charge in [0, 0.05) is 18.5 Å². The minimum atomic E-state index is -0.343. The van der Waals surface area contributed by atoms with Gasteiger partial charge in [-0.25, -0.2) is 0 Å². The summed E-state index contributed by atoms with van der Waals surface area (Å²) < 4.78 is 0. The van der Waals surface area contributed by atoms with Crippen molar-refractivity contribution in [3.8, 4) is 0 Å². The van der Waals surface area contributed by atoms with Crippen LogP contribution >= 0.6 is 0 Å². The van der Waals surface area contributed by atoms with Crippen molar-refractivity contribution in [3.05, 3.63) is 35.4 Å². The fourth-order valence-corrected chi connectivity index (χ4v) is 1.35. The largest absolute Gasteiger partial charge is 0.370 e. The molecule has 3 N–H and O–H groups in total. The van der Waals surface area contributed by atoms with Crippen LogP contribution in [-0.4, -0.2) is 18.4 Å². The molecule has 0 unspecified atom stereocenters. The molecule has 1 aromatic carbocycles. The molecule has 16 heavy (non-hydrogen) atoms. The normalized spacial score (nSPS) is 9.81. The quantitative estimate of drug-likeness (QED) is 0.726. The van der Waals surface area contributed by atoms with Crippen LogP contribution < -0.4 is 11.1 Å². The summed E-state index contributed by atoms with van der Waals surface area (Å²) in [5.74, 6) is -0.460. The van der Waals surface area contributed by atoms with Crippen molar-refractivity contribution in [1.82, 2.24) is 5.32 Å². The number of primary amides is 1. The number of carbonyl (C=O) groups excluding carboxylic acids is 2. The van der Waals surface area contributed by atoms with E-state index < -0.39 is 0 Å². The number of hydrogen-bond donors (Lipinski definition) is 2. The van der Waals surface area contributed by atoms with Crippen LogP contribution in [0.4, 0.5) is 0 Å². The van der Waals surface area contributed by atoms with E-state index >= 15 is 0 Å². The van der Waals surface area contributed by atoms with Gasteiger partial charge in [-0.05, 0) is 25.5 Å². The first-order valence-corrected chi connectivity index (χ1v) is 5.23. The molecule has 0 bridgehead atoms. The van der Waals surface area contributed by atoms with Crippen LogP contribution in [-0.2, 0) is 4.79 Å². The van der Waals surface area contributed by atoms with Crippen molar-refractivity contribution >= 4 is 11.8 Å². The van der Waals surface area contributed by atoms with Gasteiger partial charge >= 0.3 is 0 Å². The van der Waals surface area contributed by atoms with E-state index in [-0.39, 0.29) is 11.8 Å². The van der Waals surface area contributed by atoms with Gasteiger partial charge in [-0.1, -0.05) is 17.7 Å². The predicted octanol–water partition coefficient (Wildman–Crippen LogP) is 0.990. The Balaban J connectivity index is 2.38. The van der Waals surface area contributed by atoms with Crippen LogP contribution in [0.3, 0.4) is 0 Å². The van der Waals surface area contributed by atoms with E-state index in [0.717, 1.165) is 5.56 Å². The Morgan fingerprint density at radius 2 is 2.12 bits per heavy atom. The lowest BCUT2D eigenvalue weighted by Crippen LogP contribution is -2.25. The Hall–Kier alpha value is -1.84. The average molecular weight is 220 g/mol. The molecule has 0 aliphatic carbocycles. The van der Waals surface area contributed by atoms with Crippen molar-refractivity contribution in [2.24, 2.45) is 5.73 Å². The molecule has 0 heterocycles. The van der Waals surface area contributed by atoms with Crippen molar-refractivity contribution in [3.63, 3.8) is 0 Å². The minimum absolute atomic E-state index is 0.117. The molecule has 0 atom stereocenters.